The zero-order valence-corrected chi connectivity index (χ0v) is 23.4. The largest absolute Gasteiger partial charge is 0.489 e. The molecule has 2 heterocycles. The Bertz CT molecular complexity index is 1190. The van der Waals surface area contributed by atoms with Gasteiger partial charge in [0.25, 0.3) is 11.8 Å². The standard InChI is InChI=1S/C30H39N3O6/c1-19-25(20-10-7-6-8-11-20)23-16-21(17-24(26(23)38-19)28(35)31-5)27(34)32-13-9-12-22-18-33(14-15-37-22)29(36)39-30(2,3)4/h6-8,10-11,16-17,19,22,25H,9,12-15,18H2,1-5H3,(H,31,35)(H,32,34)/t19-,22?,25+/m1/s1. The molecule has 39 heavy (non-hydrogen) atoms. The van der Waals surface area contributed by atoms with E-state index in [0.29, 0.717) is 56.0 Å². The smallest absolute Gasteiger partial charge is 0.410 e. The molecule has 0 aromatic heterocycles. The average Bonchev–Trinajstić information content (AvgIpc) is 3.25. The number of carbonyl (C=O) groups excluding carboxylic acids is 3. The van der Waals surface area contributed by atoms with Crippen molar-refractivity contribution in [2.75, 3.05) is 33.3 Å². The maximum absolute atomic E-state index is 13.2. The van der Waals surface area contributed by atoms with Crippen molar-refractivity contribution in [2.24, 2.45) is 0 Å². The summed E-state index contributed by atoms with van der Waals surface area (Å²) in [4.78, 5) is 40.0. The predicted octanol–water partition coefficient (Wildman–Crippen LogP) is 4.10. The monoisotopic (exact) mass is 537 g/mol. The van der Waals surface area contributed by atoms with Gasteiger partial charge in [-0.05, 0) is 58.2 Å². The van der Waals surface area contributed by atoms with Crippen LogP contribution < -0.4 is 15.4 Å². The van der Waals surface area contributed by atoms with Gasteiger partial charge in [0.05, 0.1) is 24.8 Å². The molecular weight excluding hydrogens is 498 g/mol. The lowest BCUT2D eigenvalue weighted by Gasteiger charge is -2.34. The van der Waals surface area contributed by atoms with Crippen LogP contribution in [0.4, 0.5) is 4.79 Å². The van der Waals surface area contributed by atoms with E-state index in [0.717, 1.165) is 11.1 Å². The van der Waals surface area contributed by atoms with Crippen molar-refractivity contribution in [1.29, 1.82) is 0 Å². The first-order valence-corrected chi connectivity index (χ1v) is 13.6. The number of amides is 3. The van der Waals surface area contributed by atoms with E-state index in [1.54, 1.807) is 18.0 Å². The molecule has 1 saturated heterocycles. The molecular formula is C30H39N3O6. The number of nitrogens with zero attached hydrogens (tertiary/aromatic N) is 1. The molecule has 0 aliphatic carbocycles. The van der Waals surface area contributed by atoms with E-state index in [4.69, 9.17) is 14.2 Å². The van der Waals surface area contributed by atoms with E-state index < -0.39 is 5.60 Å². The molecule has 2 N–H and O–H groups in total. The third-order valence-corrected chi connectivity index (χ3v) is 6.90. The van der Waals surface area contributed by atoms with E-state index in [9.17, 15) is 14.4 Å². The topological polar surface area (TPSA) is 106 Å². The quantitative estimate of drug-likeness (QED) is 0.515. The van der Waals surface area contributed by atoms with E-state index in [-0.39, 0.29) is 36.0 Å². The lowest BCUT2D eigenvalue weighted by molar-refractivity contribution is -0.0449. The van der Waals surface area contributed by atoms with Crippen molar-refractivity contribution in [1.82, 2.24) is 15.5 Å². The van der Waals surface area contributed by atoms with Gasteiger partial charge in [0.15, 0.2) is 0 Å². The molecule has 210 valence electrons. The van der Waals surface area contributed by atoms with E-state index in [2.05, 4.69) is 10.6 Å². The van der Waals surface area contributed by atoms with Crippen molar-refractivity contribution < 1.29 is 28.6 Å². The number of carbonyl (C=O) groups is 3. The van der Waals surface area contributed by atoms with Crippen LogP contribution in [-0.2, 0) is 9.47 Å². The number of benzene rings is 2. The molecule has 1 unspecified atom stereocenters. The van der Waals surface area contributed by atoms with E-state index in [1.807, 2.05) is 64.1 Å². The SMILES string of the molecule is CNC(=O)c1cc(C(=O)NCCCC2CN(C(=O)OC(C)(C)C)CCO2)cc2c1O[C@H](C)[C@H]2c1ccccc1. The highest BCUT2D eigenvalue weighted by atomic mass is 16.6. The van der Waals surface area contributed by atoms with Crippen molar-refractivity contribution in [3.05, 3.63) is 64.7 Å². The van der Waals surface area contributed by atoms with Crippen LogP contribution in [0.2, 0.25) is 0 Å². The van der Waals surface area contributed by atoms with Crippen LogP contribution in [0.25, 0.3) is 0 Å². The second-order valence-electron chi connectivity index (χ2n) is 11.0. The molecule has 1 fully saturated rings. The predicted molar refractivity (Wildman–Crippen MR) is 147 cm³/mol. The van der Waals surface area contributed by atoms with Gasteiger partial charge in [-0.25, -0.2) is 4.79 Å². The Morgan fingerprint density at radius 2 is 1.85 bits per heavy atom. The fourth-order valence-electron chi connectivity index (χ4n) is 5.09. The zero-order valence-electron chi connectivity index (χ0n) is 23.4. The Morgan fingerprint density at radius 3 is 2.54 bits per heavy atom. The highest BCUT2D eigenvalue weighted by Gasteiger charge is 2.36. The van der Waals surface area contributed by atoms with Gasteiger partial charge in [-0.3, -0.25) is 9.59 Å². The summed E-state index contributed by atoms with van der Waals surface area (Å²) in [6.07, 6.45) is 0.737. The fourth-order valence-corrected chi connectivity index (χ4v) is 5.09. The van der Waals surface area contributed by atoms with Gasteiger partial charge >= 0.3 is 6.09 Å². The molecule has 3 atom stereocenters. The summed E-state index contributed by atoms with van der Waals surface area (Å²) < 4.78 is 17.4. The molecule has 0 radical (unpaired) electrons. The van der Waals surface area contributed by atoms with Gasteiger partial charge in [-0.15, -0.1) is 0 Å². The van der Waals surface area contributed by atoms with Crippen LogP contribution >= 0.6 is 0 Å². The second kappa shape index (κ2) is 12.1. The number of nitrogens with one attached hydrogen (secondary N) is 2. The number of rotatable bonds is 7. The molecule has 2 aromatic carbocycles. The maximum atomic E-state index is 13.2. The molecule has 4 rings (SSSR count). The summed E-state index contributed by atoms with van der Waals surface area (Å²) in [7, 11) is 1.56. The van der Waals surface area contributed by atoms with Crippen molar-refractivity contribution in [3.8, 4) is 5.75 Å². The number of ether oxygens (including phenoxy) is 3. The molecule has 0 saturated carbocycles. The Morgan fingerprint density at radius 1 is 1.10 bits per heavy atom. The van der Waals surface area contributed by atoms with Gasteiger partial charge in [0.1, 0.15) is 17.5 Å². The summed E-state index contributed by atoms with van der Waals surface area (Å²) in [5, 5.41) is 5.63. The minimum absolute atomic E-state index is 0.0891. The molecule has 9 heteroatoms. The molecule has 9 nitrogen and oxygen atoms in total. The first kappa shape index (κ1) is 28.4. The number of hydrogen-bond acceptors (Lipinski definition) is 6. The number of fused-ring (bicyclic) bond motifs is 1. The molecule has 2 aliphatic rings. The van der Waals surface area contributed by atoms with Gasteiger partial charge in [-0.2, -0.15) is 0 Å². The zero-order chi connectivity index (χ0) is 28.2. The third-order valence-electron chi connectivity index (χ3n) is 6.90. The Hall–Kier alpha value is -3.59. The molecule has 2 aliphatic heterocycles. The Balaban J connectivity index is 1.39. The van der Waals surface area contributed by atoms with Crippen LogP contribution in [0.3, 0.4) is 0 Å². The van der Waals surface area contributed by atoms with Gasteiger partial charge < -0.3 is 29.7 Å². The van der Waals surface area contributed by atoms with Crippen LogP contribution in [0.5, 0.6) is 5.75 Å². The first-order valence-electron chi connectivity index (χ1n) is 13.6. The van der Waals surface area contributed by atoms with Crippen LogP contribution in [0.1, 0.15) is 78.3 Å². The lowest BCUT2D eigenvalue weighted by atomic mass is 9.87. The molecule has 2 aromatic rings. The lowest BCUT2D eigenvalue weighted by Crippen LogP contribution is -2.47. The molecule has 3 amide bonds. The van der Waals surface area contributed by atoms with Gasteiger partial charge in [0, 0.05) is 37.2 Å². The van der Waals surface area contributed by atoms with Crippen LogP contribution in [-0.4, -0.2) is 73.9 Å². The van der Waals surface area contributed by atoms with Crippen molar-refractivity contribution >= 4 is 17.9 Å². The fraction of sp³-hybridized carbons (Fsp3) is 0.500. The second-order valence-corrected chi connectivity index (χ2v) is 11.0. The molecule has 0 bridgehead atoms. The maximum Gasteiger partial charge on any atom is 0.410 e. The summed E-state index contributed by atoms with van der Waals surface area (Å²) in [6, 6.07) is 13.4. The summed E-state index contributed by atoms with van der Waals surface area (Å²) in [5.41, 5.74) is 2.12. The van der Waals surface area contributed by atoms with E-state index in [1.165, 1.54) is 0 Å². The number of hydrogen-bond donors (Lipinski definition) is 2. The van der Waals surface area contributed by atoms with Gasteiger partial charge in [-0.1, -0.05) is 30.3 Å². The van der Waals surface area contributed by atoms with Gasteiger partial charge in [0.2, 0.25) is 0 Å². The highest BCUT2D eigenvalue weighted by Crippen LogP contribution is 2.44. The van der Waals surface area contributed by atoms with Crippen molar-refractivity contribution in [3.63, 3.8) is 0 Å². The minimum Gasteiger partial charge on any atom is -0.489 e. The number of morpholine rings is 1. The average molecular weight is 538 g/mol. The van der Waals surface area contributed by atoms with Crippen LogP contribution in [0, 0.1) is 0 Å². The van der Waals surface area contributed by atoms with E-state index >= 15 is 0 Å². The van der Waals surface area contributed by atoms with Crippen molar-refractivity contribution in [2.45, 2.75) is 64.3 Å². The normalized spacial score (nSPS) is 20.5. The summed E-state index contributed by atoms with van der Waals surface area (Å²) >= 11 is 0. The molecule has 0 spiro atoms. The first-order chi connectivity index (χ1) is 18.6. The summed E-state index contributed by atoms with van der Waals surface area (Å²) in [5.74, 6) is -0.120. The Kier molecular flexibility index (Phi) is 8.80. The highest BCUT2D eigenvalue weighted by molar-refractivity contribution is 6.02. The van der Waals surface area contributed by atoms with Crippen LogP contribution in [0.15, 0.2) is 42.5 Å². The summed E-state index contributed by atoms with van der Waals surface area (Å²) in [6.45, 7) is 9.37. The minimum atomic E-state index is -0.546. The Labute approximate surface area is 230 Å². The third kappa shape index (κ3) is 6.89.